The molecule has 11 heteroatoms. The van der Waals surface area contributed by atoms with Gasteiger partial charge in [0, 0.05) is 16.8 Å². The summed E-state index contributed by atoms with van der Waals surface area (Å²) in [6.07, 6.45) is 5.67. The zero-order valence-electron chi connectivity index (χ0n) is 22.9. The highest BCUT2D eigenvalue weighted by atomic mass is 16.6. The van der Waals surface area contributed by atoms with Crippen molar-refractivity contribution in [3.8, 4) is 11.4 Å². The van der Waals surface area contributed by atoms with Crippen LogP contribution in [-0.4, -0.2) is 36.9 Å². The Balaban J connectivity index is 1.31. The van der Waals surface area contributed by atoms with Crippen LogP contribution in [0.2, 0.25) is 0 Å². The van der Waals surface area contributed by atoms with Gasteiger partial charge in [0.25, 0.3) is 0 Å². The average molecular weight is 554 g/mol. The summed E-state index contributed by atoms with van der Waals surface area (Å²) < 4.78 is 9.36. The predicted molar refractivity (Wildman–Crippen MR) is 158 cm³/mol. The summed E-state index contributed by atoms with van der Waals surface area (Å²) in [7, 11) is 0. The molecule has 0 saturated carbocycles. The number of aromatic nitrogens is 4. The van der Waals surface area contributed by atoms with Gasteiger partial charge in [-0.1, -0.05) is 55.3 Å². The van der Waals surface area contributed by atoms with Crippen LogP contribution in [0.1, 0.15) is 31.0 Å². The minimum Gasteiger partial charge on any atom is -0.491 e. The van der Waals surface area contributed by atoms with Gasteiger partial charge in [-0.3, -0.25) is 5.32 Å². The van der Waals surface area contributed by atoms with E-state index in [0.717, 1.165) is 47.0 Å². The molecule has 2 amide bonds. The zero-order chi connectivity index (χ0) is 28.8. The van der Waals surface area contributed by atoms with Gasteiger partial charge in [0.15, 0.2) is 0 Å². The van der Waals surface area contributed by atoms with E-state index in [2.05, 4.69) is 22.5 Å². The summed E-state index contributed by atoms with van der Waals surface area (Å²) in [6, 6.07) is 20.7. The number of aryl methyl sites for hydroxylation is 2. The van der Waals surface area contributed by atoms with Crippen LogP contribution < -0.4 is 15.4 Å². The maximum atomic E-state index is 13.2. The second-order valence-corrected chi connectivity index (χ2v) is 9.68. The Hall–Kier alpha value is -5.19. The van der Waals surface area contributed by atoms with Crippen molar-refractivity contribution in [3.05, 3.63) is 101 Å². The van der Waals surface area contributed by atoms with E-state index >= 15 is 0 Å². The highest BCUT2D eigenvalue weighted by molar-refractivity contribution is 6.07. The molecule has 2 aromatic heterocycles. The molecular weight excluding hydrogens is 522 g/mol. The lowest BCUT2D eigenvalue weighted by molar-refractivity contribution is -0.389. The third-order valence-electron chi connectivity index (χ3n) is 6.61. The molecule has 0 aliphatic carbocycles. The number of fused-ring (bicyclic) bond motifs is 1. The Morgan fingerprint density at radius 2 is 1.83 bits per heavy atom. The van der Waals surface area contributed by atoms with E-state index in [9.17, 15) is 14.9 Å². The monoisotopic (exact) mass is 553 g/mol. The summed E-state index contributed by atoms with van der Waals surface area (Å²) in [4.78, 5) is 27.3. The molecule has 3 aromatic carbocycles. The Bertz CT molecular complexity index is 1670. The first kappa shape index (κ1) is 27.4. The fraction of sp³-hybridized carbons (Fsp3) is 0.233. The molecule has 0 atom stereocenters. The van der Waals surface area contributed by atoms with E-state index in [1.165, 1.54) is 12.5 Å². The van der Waals surface area contributed by atoms with E-state index in [0.29, 0.717) is 23.8 Å². The first-order valence-electron chi connectivity index (χ1n) is 13.5. The number of nitro groups is 1. The number of imidazole rings is 1. The number of anilines is 2. The number of benzene rings is 3. The molecule has 210 valence electrons. The third-order valence-corrected chi connectivity index (χ3v) is 6.61. The van der Waals surface area contributed by atoms with Gasteiger partial charge >= 0.3 is 11.8 Å². The lowest BCUT2D eigenvalue weighted by atomic mass is 10.1. The van der Waals surface area contributed by atoms with Gasteiger partial charge in [-0.2, -0.15) is 5.10 Å². The molecule has 0 aliphatic rings. The van der Waals surface area contributed by atoms with Gasteiger partial charge in [-0.15, -0.1) is 0 Å². The third kappa shape index (κ3) is 6.52. The molecule has 0 fully saturated rings. The number of nitrogens with zero attached hydrogens (tertiary/aromatic N) is 5. The van der Waals surface area contributed by atoms with Crippen LogP contribution in [0.4, 0.5) is 22.1 Å². The summed E-state index contributed by atoms with van der Waals surface area (Å²) in [6.45, 7) is 4.85. The van der Waals surface area contributed by atoms with E-state index < -0.39 is 4.92 Å². The van der Waals surface area contributed by atoms with Crippen molar-refractivity contribution in [2.45, 2.75) is 39.7 Å². The van der Waals surface area contributed by atoms with Gasteiger partial charge < -0.3 is 24.7 Å². The van der Waals surface area contributed by atoms with Gasteiger partial charge in [-0.25, -0.2) is 9.48 Å². The van der Waals surface area contributed by atoms with Gasteiger partial charge in [0.2, 0.25) is 6.33 Å². The summed E-state index contributed by atoms with van der Waals surface area (Å²) in [5.74, 6) is 1.02. The molecule has 0 spiro atoms. The lowest BCUT2D eigenvalue weighted by Gasteiger charge is -2.14. The molecule has 0 saturated heterocycles. The number of carbonyl (C=O) groups is 1. The molecule has 0 bridgehead atoms. The predicted octanol–water partition coefficient (Wildman–Crippen LogP) is 6.50. The SMILES string of the molecule is CCCCc1cc(NC(=O)Nc2ccc(OCCn3cnc([N+](=O)[O-])c3)c3ccccc23)n(-c2ccc(C)cc2)n1. The molecule has 5 aromatic rings. The van der Waals surface area contributed by atoms with Crippen molar-refractivity contribution in [3.63, 3.8) is 0 Å². The minimum atomic E-state index is -0.533. The van der Waals surface area contributed by atoms with Crippen LogP contribution in [0.3, 0.4) is 0 Å². The lowest BCUT2D eigenvalue weighted by Crippen LogP contribution is -2.21. The Kier molecular flexibility index (Phi) is 8.23. The Labute approximate surface area is 236 Å². The second kappa shape index (κ2) is 12.3. The number of ether oxygens (including phenoxy) is 1. The number of hydrogen-bond donors (Lipinski definition) is 2. The first-order chi connectivity index (χ1) is 19.9. The van der Waals surface area contributed by atoms with Crippen molar-refractivity contribution in [1.82, 2.24) is 19.3 Å². The number of rotatable bonds is 11. The van der Waals surface area contributed by atoms with Crippen LogP contribution >= 0.6 is 0 Å². The number of urea groups is 1. The largest absolute Gasteiger partial charge is 0.491 e. The standard InChI is InChI=1S/C30H31N7O4/c1-3-4-7-22-18-28(36(34-22)23-12-10-21(2)11-13-23)33-30(38)32-26-14-15-27(25-9-6-5-8-24(25)26)41-17-16-35-19-29(31-20-35)37(39)40/h5-6,8-15,18-20H,3-4,7,16-17H2,1-2H3,(H2,32,33,38). The molecule has 41 heavy (non-hydrogen) atoms. The van der Waals surface area contributed by atoms with Crippen molar-refractivity contribution in [1.29, 1.82) is 0 Å². The van der Waals surface area contributed by atoms with Crippen LogP contribution in [0.15, 0.2) is 79.3 Å². The molecular formula is C30H31N7O4. The molecule has 2 N–H and O–H groups in total. The summed E-state index contributed by atoms with van der Waals surface area (Å²) >= 11 is 0. The van der Waals surface area contributed by atoms with E-state index in [-0.39, 0.29) is 18.5 Å². The minimum absolute atomic E-state index is 0.205. The van der Waals surface area contributed by atoms with E-state index in [1.54, 1.807) is 21.4 Å². The number of hydrogen-bond acceptors (Lipinski definition) is 6. The van der Waals surface area contributed by atoms with Crippen molar-refractivity contribution in [2.75, 3.05) is 17.2 Å². The highest BCUT2D eigenvalue weighted by Crippen LogP contribution is 2.32. The maximum Gasteiger partial charge on any atom is 0.381 e. The van der Waals surface area contributed by atoms with Crippen LogP contribution in [0.25, 0.3) is 16.5 Å². The van der Waals surface area contributed by atoms with Crippen molar-refractivity contribution >= 4 is 34.1 Å². The molecule has 0 radical (unpaired) electrons. The van der Waals surface area contributed by atoms with Crippen LogP contribution in [0.5, 0.6) is 5.75 Å². The number of carbonyl (C=O) groups excluding carboxylic acids is 1. The fourth-order valence-corrected chi connectivity index (χ4v) is 4.48. The summed E-state index contributed by atoms with van der Waals surface area (Å²) in [5, 5.41) is 23.2. The van der Waals surface area contributed by atoms with Crippen LogP contribution in [0, 0.1) is 17.0 Å². The second-order valence-electron chi connectivity index (χ2n) is 9.68. The molecule has 0 unspecified atom stereocenters. The number of nitrogens with one attached hydrogen (secondary N) is 2. The number of unbranched alkanes of at least 4 members (excludes halogenated alkanes) is 1. The van der Waals surface area contributed by atoms with Gasteiger partial charge in [0.05, 0.1) is 23.6 Å². The molecule has 2 heterocycles. The van der Waals surface area contributed by atoms with Gasteiger partial charge in [0.1, 0.15) is 24.4 Å². The normalized spacial score (nSPS) is 11.0. The fourth-order valence-electron chi connectivity index (χ4n) is 4.48. The molecule has 11 nitrogen and oxygen atoms in total. The van der Waals surface area contributed by atoms with Crippen LogP contribution in [-0.2, 0) is 13.0 Å². The molecule has 5 rings (SSSR count). The smallest absolute Gasteiger partial charge is 0.381 e. The number of amides is 2. The van der Waals surface area contributed by atoms with Gasteiger partial charge in [-0.05, 0) is 53.9 Å². The Morgan fingerprint density at radius 3 is 2.56 bits per heavy atom. The quantitative estimate of drug-likeness (QED) is 0.142. The molecule has 0 aliphatic heterocycles. The Morgan fingerprint density at radius 1 is 1.05 bits per heavy atom. The van der Waals surface area contributed by atoms with E-state index in [1.807, 2.05) is 61.5 Å². The highest BCUT2D eigenvalue weighted by Gasteiger charge is 2.15. The maximum absolute atomic E-state index is 13.2. The average Bonchev–Trinajstić information content (AvgIpc) is 3.61. The first-order valence-corrected chi connectivity index (χ1v) is 13.5. The van der Waals surface area contributed by atoms with Crippen molar-refractivity contribution < 1.29 is 14.5 Å². The van der Waals surface area contributed by atoms with Crippen molar-refractivity contribution in [2.24, 2.45) is 0 Å². The zero-order valence-corrected chi connectivity index (χ0v) is 22.9. The van der Waals surface area contributed by atoms with E-state index in [4.69, 9.17) is 9.84 Å². The summed E-state index contributed by atoms with van der Waals surface area (Å²) in [5.41, 5.74) is 3.55. The topological polar surface area (TPSA) is 129 Å².